The smallest absolute Gasteiger partial charge is 0.254 e. The van der Waals surface area contributed by atoms with Gasteiger partial charge in [0, 0.05) is 59.2 Å². The zero-order valence-electron chi connectivity index (χ0n) is 21.8. The molecule has 0 atom stereocenters. The quantitative estimate of drug-likeness (QED) is 0.442. The summed E-state index contributed by atoms with van der Waals surface area (Å²) in [7, 11) is 0. The van der Waals surface area contributed by atoms with Gasteiger partial charge in [-0.15, -0.1) is 0 Å². The largest absolute Gasteiger partial charge is 0.488 e. The lowest BCUT2D eigenvalue weighted by Crippen LogP contribution is -2.41. The molecule has 4 heterocycles. The maximum absolute atomic E-state index is 13.4. The molecule has 3 aliphatic heterocycles. The normalized spacial score (nSPS) is 18.8. The van der Waals surface area contributed by atoms with Crippen LogP contribution in [0.3, 0.4) is 0 Å². The van der Waals surface area contributed by atoms with E-state index in [1.165, 1.54) is 0 Å². The van der Waals surface area contributed by atoms with E-state index < -0.39 is 0 Å². The van der Waals surface area contributed by atoms with Crippen LogP contribution >= 0.6 is 15.9 Å². The number of hydrogen-bond donors (Lipinski definition) is 2. The van der Waals surface area contributed by atoms with E-state index in [2.05, 4.69) is 36.4 Å². The predicted molar refractivity (Wildman–Crippen MR) is 153 cm³/mol. The summed E-state index contributed by atoms with van der Waals surface area (Å²) < 4.78 is 18.3. The van der Waals surface area contributed by atoms with Gasteiger partial charge in [-0.25, -0.2) is 9.97 Å². The van der Waals surface area contributed by atoms with E-state index in [0.29, 0.717) is 51.0 Å². The number of rotatable bonds is 6. The third-order valence-corrected chi connectivity index (χ3v) is 7.75. The Kier molecular flexibility index (Phi) is 8.10. The van der Waals surface area contributed by atoms with E-state index >= 15 is 0 Å². The third-order valence-electron chi connectivity index (χ3n) is 7.29. The summed E-state index contributed by atoms with van der Waals surface area (Å²) in [6, 6.07) is 9.86. The fraction of sp³-hybridized carbons (Fsp3) is 0.464. The second-order valence-electron chi connectivity index (χ2n) is 10.0. The van der Waals surface area contributed by atoms with Gasteiger partial charge >= 0.3 is 0 Å². The maximum atomic E-state index is 13.4. The standard InChI is InChI=1S/C28H33BrN6O4/c29-21-13-20-18-31-28(33-26(20)25(16-21)39-24-1-3-30-4-2-24)32-22-14-19(27(36)35-7-11-38-12-8-35)15-23(17-22)34-5-9-37-10-6-34/h13-18,24,30H,1-12H2,(H,31,32,33). The molecule has 6 rings (SSSR count). The van der Waals surface area contributed by atoms with Gasteiger partial charge in [0.05, 0.1) is 26.4 Å². The molecule has 0 radical (unpaired) electrons. The van der Waals surface area contributed by atoms with Crippen molar-refractivity contribution in [3.63, 3.8) is 0 Å². The van der Waals surface area contributed by atoms with Crippen molar-refractivity contribution in [1.82, 2.24) is 20.2 Å². The van der Waals surface area contributed by atoms with Gasteiger partial charge in [-0.2, -0.15) is 0 Å². The first-order chi connectivity index (χ1) is 19.1. The molecule has 0 aliphatic carbocycles. The Morgan fingerprint density at radius 2 is 1.74 bits per heavy atom. The summed E-state index contributed by atoms with van der Waals surface area (Å²) in [5.41, 5.74) is 3.11. The van der Waals surface area contributed by atoms with Gasteiger partial charge in [0.1, 0.15) is 17.4 Å². The van der Waals surface area contributed by atoms with E-state index in [9.17, 15) is 4.79 Å². The highest BCUT2D eigenvalue weighted by atomic mass is 79.9. The first-order valence-corrected chi connectivity index (χ1v) is 14.4. The number of aromatic nitrogens is 2. The van der Waals surface area contributed by atoms with E-state index in [-0.39, 0.29) is 12.0 Å². The van der Waals surface area contributed by atoms with Crippen LogP contribution in [0.25, 0.3) is 10.9 Å². The third kappa shape index (κ3) is 6.27. The zero-order chi connectivity index (χ0) is 26.6. The molecule has 1 amide bonds. The van der Waals surface area contributed by atoms with Gasteiger partial charge in [-0.05, 0) is 56.3 Å². The van der Waals surface area contributed by atoms with Crippen LogP contribution in [0.5, 0.6) is 5.75 Å². The topological polar surface area (TPSA) is 101 Å². The number of halogens is 1. The molecule has 39 heavy (non-hydrogen) atoms. The van der Waals surface area contributed by atoms with Gasteiger partial charge in [-0.3, -0.25) is 4.79 Å². The molecule has 1 aromatic heterocycles. The number of fused-ring (bicyclic) bond motifs is 1. The van der Waals surface area contributed by atoms with Gasteiger partial charge in [-0.1, -0.05) is 15.9 Å². The van der Waals surface area contributed by atoms with Gasteiger partial charge in [0.2, 0.25) is 5.95 Å². The lowest BCUT2D eigenvalue weighted by molar-refractivity contribution is 0.0303. The SMILES string of the molecule is O=C(c1cc(Nc2ncc3cc(Br)cc(OC4CCNCC4)c3n2)cc(N2CCOCC2)c1)N1CCOCC1. The molecule has 0 unspecified atom stereocenters. The Bertz CT molecular complexity index is 1320. The number of ether oxygens (including phenoxy) is 3. The summed E-state index contributed by atoms with van der Waals surface area (Å²) >= 11 is 3.60. The van der Waals surface area contributed by atoms with Crippen LogP contribution in [-0.4, -0.2) is 92.6 Å². The van der Waals surface area contributed by atoms with E-state index in [4.69, 9.17) is 19.2 Å². The van der Waals surface area contributed by atoms with Crippen molar-refractivity contribution in [3.8, 4) is 5.75 Å². The second-order valence-corrected chi connectivity index (χ2v) is 10.9. The Morgan fingerprint density at radius 1 is 1.00 bits per heavy atom. The Balaban J connectivity index is 1.31. The van der Waals surface area contributed by atoms with E-state index in [0.717, 1.165) is 71.5 Å². The lowest BCUT2D eigenvalue weighted by Gasteiger charge is -2.31. The van der Waals surface area contributed by atoms with Crippen molar-refractivity contribution in [2.45, 2.75) is 18.9 Å². The van der Waals surface area contributed by atoms with Crippen LogP contribution in [0.2, 0.25) is 0 Å². The first-order valence-electron chi connectivity index (χ1n) is 13.6. The predicted octanol–water partition coefficient (Wildman–Crippen LogP) is 3.58. The number of nitrogens with zero attached hydrogens (tertiary/aromatic N) is 4. The fourth-order valence-corrected chi connectivity index (χ4v) is 5.66. The van der Waals surface area contributed by atoms with Crippen LogP contribution < -0.4 is 20.3 Å². The van der Waals surface area contributed by atoms with Crippen molar-refractivity contribution in [3.05, 3.63) is 46.6 Å². The lowest BCUT2D eigenvalue weighted by atomic mass is 10.1. The first kappa shape index (κ1) is 26.2. The summed E-state index contributed by atoms with van der Waals surface area (Å²) in [5, 5.41) is 7.64. The zero-order valence-corrected chi connectivity index (χ0v) is 23.4. The van der Waals surface area contributed by atoms with E-state index in [1.54, 1.807) is 6.20 Å². The Labute approximate surface area is 236 Å². The molecule has 11 heteroatoms. The molecule has 3 aliphatic rings. The fourth-order valence-electron chi connectivity index (χ4n) is 5.21. The minimum Gasteiger partial charge on any atom is -0.488 e. The average Bonchev–Trinajstić information content (AvgIpc) is 2.98. The van der Waals surface area contributed by atoms with Crippen molar-refractivity contribution in [2.75, 3.05) is 75.9 Å². The molecular formula is C28H33BrN6O4. The number of piperidine rings is 1. The van der Waals surface area contributed by atoms with Crippen LogP contribution in [0.15, 0.2) is 41.0 Å². The number of carbonyl (C=O) groups is 1. The highest BCUT2D eigenvalue weighted by Gasteiger charge is 2.22. The van der Waals surface area contributed by atoms with Gasteiger partial charge in [0.25, 0.3) is 5.91 Å². The van der Waals surface area contributed by atoms with Crippen molar-refractivity contribution in [2.24, 2.45) is 0 Å². The number of benzene rings is 2. The highest BCUT2D eigenvalue weighted by molar-refractivity contribution is 9.10. The van der Waals surface area contributed by atoms with Crippen molar-refractivity contribution in [1.29, 1.82) is 0 Å². The van der Waals surface area contributed by atoms with Crippen LogP contribution in [0.4, 0.5) is 17.3 Å². The minimum atomic E-state index is -0.00148. The summed E-state index contributed by atoms with van der Waals surface area (Å²) in [5.74, 6) is 1.18. The molecule has 3 fully saturated rings. The number of hydrogen-bond acceptors (Lipinski definition) is 9. The average molecular weight is 598 g/mol. The monoisotopic (exact) mass is 596 g/mol. The van der Waals surface area contributed by atoms with Gasteiger partial charge < -0.3 is 34.6 Å². The number of nitrogens with one attached hydrogen (secondary N) is 2. The van der Waals surface area contributed by atoms with Crippen molar-refractivity contribution >= 4 is 50.1 Å². The van der Waals surface area contributed by atoms with E-state index in [1.807, 2.05) is 35.2 Å². The summed E-state index contributed by atoms with van der Waals surface area (Å²) in [6.07, 6.45) is 3.86. The Morgan fingerprint density at radius 3 is 2.51 bits per heavy atom. The number of morpholine rings is 2. The van der Waals surface area contributed by atoms with Crippen LogP contribution in [0, 0.1) is 0 Å². The summed E-state index contributed by atoms with van der Waals surface area (Å²) in [6.45, 7) is 7.05. The number of anilines is 3. The molecule has 3 saturated heterocycles. The second kappa shape index (κ2) is 12.0. The number of amides is 1. The minimum absolute atomic E-state index is 0.00148. The molecule has 2 aromatic carbocycles. The highest BCUT2D eigenvalue weighted by Crippen LogP contribution is 2.32. The molecule has 0 spiro atoms. The van der Waals surface area contributed by atoms with Crippen molar-refractivity contribution < 1.29 is 19.0 Å². The Hall–Kier alpha value is -2.99. The summed E-state index contributed by atoms with van der Waals surface area (Å²) in [4.78, 5) is 27.0. The molecule has 0 saturated carbocycles. The molecular weight excluding hydrogens is 564 g/mol. The van der Waals surface area contributed by atoms with Gasteiger partial charge in [0.15, 0.2) is 0 Å². The van der Waals surface area contributed by atoms with Crippen LogP contribution in [-0.2, 0) is 9.47 Å². The molecule has 206 valence electrons. The maximum Gasteiger partial charge on any atom is 0.254 e. The van der Waals surface area contributed by atoms with Crippen LogP contribution in [0.1, 0.15) is 23.2 Å². The number of carbonyl (C=O) groups excluding carboxylic acids is 1. The molecule has 10 nitrogen and oxygen atoms in total. The molecule has 0 bridgehead atoms. The molecule has 2 N–H and O–H groups in total. The molecule has 3 aromatic rings.